The van der Waals surface area contributed by atoms with Crippen molar-refractivity contribution in [2.45, 2.75) is 43.7 Å². The topological polar surface area (TPSA) is 159 Å². The molecule has 9 nitrogen and oxygen atoms in total. The van der Waals surface area contributed by atoms with Crippen LogP contribution in [0.3, 0.4) is 0 Å². The highest BCUT2D eigenvalue weighted by atomic mass is 16.4. The van der Waals surface area contributed by atoms with Crippen LogP contribution in [-0.2, 0) is 6.42 Å². The van der Waals surface area contributed by atoms with E-state index in [1.165, 1.54) is 12.4 Å². The minimum absolute atomic E-state index is 0.0549. The Kier molecular flexibility index (Phi) is 8.48. The minimum atomic E-state index is -1.23. The minimum Gasteiger partial charge on any atom is -0.395 e. The van der Waals surface area contributed by atoms with Gasteiger partial charge in [0.15, 0.2) is 0 Å². The Morgan fingerprint density at radius 3 is 2.04 bits per heavy atom. The van der Waals surface area contributed by atoms with Crippen LogP contribution >= 0.6 is 0 Å². The average Bonchev–Trinajstić information content (AvgIpc) is 2.58. The quantitative estimate of drug-likeness (QED) is 0.239. The second kappa shape index (κ2) is 9.83. The summed E-state index contributed by atoms with van der Waals surface area (Å²) in [6.45, 7) is 0.410. The predicted molar refractivity (Wildman–Crippen MR) is 80.4 cm³/mol. The molecule has 0 unspecified atom stereocenters. The van der Waals surface area contributed by atoms with Crippen molar-refractivity contribution >= 4 is 0 Å². The molecule has 0 bridgehead atoms. The molecular weight excluding hydrogens is 306 g/mol. The van der Waals surface area contributed by atoms with Crippen molar-refractivity contribution < 1.29 is 30.6 Å². The molecule has 0 aromatic carbocycles. The Morgan fingerprint density at radius 2 is 1.57 bits per heavy atom. The fraction of sp³-hybridized carbons (Fsp3) is 0.714. The van der Waals surface area contributed by atoms with Gasteiger partial charge in [0.25, 0.3) is 0 Å². The summed E-state index contributed by atoms with van der Waals surface area (Å²) in [5.74, 6) is 0. The lowest BCUT2D eigenvalue weighted by Crippen LogP contribution is -2.45. The first-order chi connectivity index (χ1) is 10.9. The summed E-state index contributed by atoms with van der Waals surface area (Å²) < 4.78 is 0. The van der Waals surface area contributed by atoms with Crippen molar-refractivity contribution in [2.24, 2.45) is 0 Å². The van der Waals surface area contributed by atoms with E-state index in [0.717, 1.165) is 0 Å². The van der Waals surface area contributed by atoms with Crippen molar-refractivity contribution in [1.29, 1.82) is 0 Å². The van der Waals surface area contributed by atoms with Crippen LogP contribution in [0.15, 0.2) is 12.4 Å². The van der Waals surface area contributed by atoms with Crippen molar-refractivity contribution in [3.63, 3.8) is 0 Å². The van der Waals surface area contributed by atoms with Crippen molar-refractivity contribution in [3.05, 3.63) is 23.8 Å². The van der Waals surface area contributed by atoms with Crippen molar-refractivity contribution in [2.75, 3.05) is 19.8 Å². The molecule has 0 aliphatic heterocycles. The van der Waals surface area contributed by atoms with Gasteiger partial charge in [-0.25, -0.2) is 0 Å². The van der Waals surface area contributed by atoms with Gasteiger partial charge in [0.1, 0.15) is 6.10 Å². The number of hydrogen-bond donors (Lipinski definition) is 7. The zero-order valence-electron chi connectivity index (χ0n) is 12.9. The molecule has 5 atom stereocenters. The van der Waals surface area contributed by atoms with Gasteiger partial charge in [-0.05, 0) is 6.92 Å². The van der Waals surface area contributed by atoms with E-state index < -0.39 is 37.6 Å². The molecule has 23 heavy (non-hydrogen) atoms. The smallest absolute Gasteiger partial charge is 0.103 e. The first kappa shape index (κ1) is 19.8. The van der Waals surface area contributed by atoms with E-state index in [0.29, 0.717) is 11.4 Å². The number of hydrogen-bond acceptors (Lipinski definition) is 9. The summed E-state index contributed by atoms with van der Waals surface area (Å²) >= 11 is 0. The van der Waals surface area contributed by atoms with Crippen LogP contribution in [0.4, 0.5) is 0 Å². The van der Waals surface area contributed by atoms with E-state index in [-0.39, 0.29) is 19.1 Å². The molecule has 9 heteroatoms. The number of aliphatic hydroxyl groups excluding tert-OH is 6. The van der Waals surface area contributed by atoms with Gasteiger partial charge in [-0.1, -0.05) is 0 Å². The van der Waals surface area contributed by atoms with Crippen LogP contribution in [0, 0.1) is 0 Å². The Labute approximate surface area is 134 Å². The van der Waals surface area contributed by atoms with Gasteiger partial charge in [-0.3, -0.25) is 9.97 Å². The molecule has 0 spiro atoms. The van der Waals surface area contributed by atoms with E-state index in [1.54, 1.807) is 6.92 Å². The monoisotopic (exact) mass is 331 g/mol. The molecule has 1 heterocycles. The molecule has 1 rings (SSSR count). The average molecular weight is 331 g/mol. The summed E-state index contributed by atoms with van der Waals surface area (Å²) in [6.07, 6.45) is -0.484. The number of rotatable bonds is 10. The van der Waals surface area contributed by atoms with Crippen molar-refractivity contribution in [3.8, 4) is 0 Å². The standard InChI is InChI=1S/C14H25N3O6/c1-8(17-11(5-18)13(22)6-19)10-4-15-9(3-16-10)2-12(21)14(23)7-20/h3-4,8,11-14,17-23H,2,5-7H2,1H3/t8-,11-,12+,13+,14-/m1/s1. The third-order valence-electron chi connectivity index (χ3n) is 3.53. The molecule has 0 aliphatic carbocycles. The molecule has 0 saturated heterocycles. The highest BCUT2D eigenvalue weighted by Crippen LogP contribution is 2.11. The summed E-state index contributed by atoms with van der Waals surface area (Å²) in [5.41, 5.74) is 1.00. The third-order valence-corrected chi connectivity index (χ3v) is 3.53. The number of nitrogens with zero attached hydrogens (tertiary/aromatic N) is 2. The summed E-state index contributed by atoms with van der Waals surface area (Å²) in [7, 11) is 0. The first-order valence-electron chi connectivity index (χ1n) is 7.36. The maximum Gasteiger partial charge on any atom is 0.103 e. The van der Waals surface area contributed by atoms with Crippen molar-refractivity contribution in [1.82, 2.24) is 15.3 Å². The Hall–Kier alpha value is -1.20. The zero-order valence-corrected chi connectivity index (χ0v) is 12.9. The molecule has 0 fully saturated rings. The summed E-state index contributed by atoms with van der Waals surface area (Å²) in [5, 5.41) is 58.3. The van der Waals surface area contributed by atoms with Gasteiger partial charge >= 0.3 is 0 Å². The van der Waals surface area contributed by atoms with E-state index in [1.807, 2.05) is 0 Å². The van der Waals surface area contributed by atoms with Gasteiger partial charge in [0, 0.05) is 18.7 Å². The zero-order chi connectivity index (χ0) is 17.4. The van der Waals surface area contributed by atoms with E-state index >= 15 is 0 Å². The van der Waals surface area contributed by atoms with E-state index in [2.05, 4.69) is 15.3 Å². The maximum atomic E-state index is 9.62. The normalized spacial score (nSPS) is 18.2. The molecular formula is C14H25N3O6. The molecule has 1 aromatic heterocycles. The lowest BCUT2D eigenvalue weighted by atomic mass is 10.1. The SMILES string of the molecule is C[C@@H](N[C@H](CO)[C@@H](O)CO)c1cnc(C[C@H](O)[C@H](O)CO)cn1. The van der Waals surface area contributed by atoms with Crippen LogP contribution in [-0.4, -0.2) is 84.8 Å². The lowest BCUT2D eigenvalue weighted by Gasteiger charge is -2.24. The largest absolute Gasteiger partial charge is 0.395 e. The first-order valence-corrected chi connectivity index (χ1v) is 7.36. The summed E-state index contributed by atoms with van der Waals surface area (Å²) in [4.78, 5) is 8.31. The fourth-order valence-corrected chi connectivity index (χ4v) is 1.98. The molecule has 7 N–H and O–H groups in total. The lowest BCUT2D eigenvalue weighted by molar-refractivity contribution is -0.0137. The molecule has 0 saturated carbocycles. The summed E-state index contributed by atoms with van der Waals surface area (Å²) in [6, 6.07) is -1.03. The van der Waals surface area contributed by atoms with E-state index in [9.17, 15) is 20.4 Å². The van der Waals surface area contributed by atoms with Gasteiger partial charge in [-0.2, -0.15) is 0 Å². The third kappa shape index (κ3) is 6.07. The second-order valence-electron chi connectivity index (χ2n) is 5.38. The van der Waals surface area contributed by atoms with Crippen LogP contribution in [0.25, 0.3) is 0 Å². The predicted octanol–water partition coefficient (Wildman–Crippen LogP) is -2.90. The highest BCUT2D eigenvalue weighted by molar-refractivity contribution is 5.07. The maximum absolute atomic E-state index is 9.62. The van der Waals surface area contributed by atoms with Gasteiger partial charge in [0.05, 0.1) is 55.7 Å². The molecule has 0 radical (unpaired) electrons. The molecule has 132 valence electrons. The van der Waals surface area contributed by atoms with Crippen LogP contribution in [0.1, 0.15) is 24.4 Å². The number of nitrogens with one attached hydrogen (secondary N) is 1. The molecule has 0 aliphatic rings. The Balaban J connectivity index is 2.64. The molecule has 1 aromatic rings. The fourth-order valence-electron chi connectivity index (χ4n) is 1.98. The van der Waals surface area contributed by atoms with E-state index in [4.69, 9.17) is 10.2 Å². The Morgan fingerprint density at radius 1 is 0.913 bits per heavy atom. The highest BCUT2D eigenvalue weighted by Gasteiger charge is 2.21. The number of aliphatic hydroxyl groups is 6. The van der Waals surface area contributed by atoms with Crippen LogP contribution in [0.2, 0.25) is 0 Å². The van der Waals surface area contributed by atoms with Gasteiger partial charge in [0.2, 0.25) is 0 Å². The molecule has 0 amide bonds. The van der Waals surface area contributed by atoms with Gasteiger partial charge in [-0.15, -0.1) is 0 Å². The van der Waals surface area contributed by atoms with Crippen LogP contribution < -0.4 is 5.32 Å². The number of aromatic nitrogens is 2. The van der Waals surface area contributed by atoms with Crippen LogP contribution in [0.5, 0.6) is 0 Å². The Bertz CT molecular complexity index is 447. The van der Waals surface area contributed by atoms with Gasteiger partial charge < -0.3 is 36.0 Å². The second-order valence-corrected chi connectivity index (χ2v) is 5.38.